The number of hydrogen-bond acceptors (Lipinski definition) is 4. The first-order chi connectivity index (χ1) is 15.8. The van der Waals surface area contributed by atoms with Crippen LogP contribution in [0.4, 0.5) is 0 Å². The Kier molecular flexibility index (Phi) is 6.41. The molecule has 3 aromatic rings. The molecular weight excluding hydrogens is 416 g/mol. The van der Waals surface area contributed by atoms with Gasteiger partial charge in [0.05, 0.1) is 21.8 Å². The summed E-state index contributed by atoms with van der Waals surface area (Å²) in [5.41, 5.74) is 3.28. The van der Waals surface area contributed by atoms with Gasteiger partial charge in [0, 0.05) is 19.1 Å². The standard InChI is InChI=1S/C26H28N4OS/c31-26(23-18-22-19-28-24-12-6-13-25(32-23)30(22)24)27-15-14-21-11-4-5-16-29(21)17-7-10-20-8-2-1-3-9-20/h1-6,8-9,12-13,18-19,21H,7,10-11,14-17H2,(H,27,31). The van der Waals surface area contributed by atoms with E-state index in [1.807, 2.05) is 30.5 Å². The van der Waals surface area contributed by atoms with Gasteiger partial charge in [-0.1, -0.05) is 60.3 Å². The summed E-state index contributed by atoms with van der Waals surface area (Å²) < 4.78 is 2.09. The Hall–Kier alpha value is -2.83. The fourth-order valence-corrected chi connectivity index (χ4v) is 5.51. The van der Waals surface area contributed by atoms with Gasteiger partial charge in [-0.3, -0.25) is 14.1 Å². The van der Waals surface area contributed by atoms with Gasteiger partial charge < -0.3 is 5.32 Å². The second kappa shape index (κ2) is 9.76. The van der Waals surface area contributed by atoms with E-state index in [0.29, 0.717) is 12.6 Å². The van der Waals surface area contributed by atoms with E-state index >= 15 is 0 Å². The zero-order valence-corrected chi connectivity index (χ0v) is 18.9. The third kappa shape index (κ3) is 4.66. The van der Waals surface area contributed by atoms with Crippen molar-refractivity contribution in [3.63, 3.8) is 0 Å². The monoisotopic (exact) mass is 444 g/mol. The second-order valence-electron chi connectivity index (χ2n) is 8.34. The molecule has 4 heterocycles. The van der Waals surface area contributed by atoms with Crippen LogP contribution in [0.15, 0.2) is 76.8 Å². The predicted molar refractivity (Wildman–Crippen MR) is 131 cm³/mol. The summed E-state index contributed by atoms with van der Waals surface area (Å²) in [6.07, 6.45) is 12.6. The number of amides is 1. The normalized spacial score (nSPS) is 18.0. The van der Waals surface area contributed by atoms with E-state index in [-0.39, 0.29) is 5.91 Å². The van der Waals surface area contributed by atoms with Crippen molar-refractivity contribution in [2.24, 2.45) is 0 Å². The zero-order chi connectivity index (χ0) is 21.8. The van der Waals surface area contributed by atoms with Gasteiger partial charge >= 0.3 is 0 Å². The lowest BCUT2D eigenvalue weighted by Crippen LogP contribution is -2.40. The van der Waals surface area contributed by atoms with E-state index in [0.717, 1.165) is 60.0 Å². The van der Waals surface area contributed by atoms with Crippen molar-refractivity contribution < 1.29 is 4.79 Å². The number of thioether (sulfide) groups is 1. The molecule has 2 aromatic heterocycles. The van der Waals surface area contributed by atoms with Crippen LogP contribution in [-0.4, -0.2) is 45.9 Å². The van der Waals surface area contributed by atoms with E-state index in [9.17, 15) is 4.79 Å². The van der Waals surface area contributed by atoms with Crippen LogP contribution in [0.3, 0.4) is 0 Å². The number of carbonyl (C=O) groups excluding carboxylic acids is 1. The van der Waals surface area contributed by atoms with E-state index in [1.54, 1.807) is 0 Å². The van der Waals surface area contributed by atoms with Gasteiger partial charge in [-0.25, -0.2) is 4.98 Å². The molecule has 2 aliphatic heterocycles. The molecule has 164 valence electrons. The van der Waals surface area contributed by atoms with Gasteiger partial charge in [-0.15, -0.1) is 0 Å². The number of imidazole rings is 1. The minimum absolute atomic E-state index is 0.00133. The third-order valence-corrected chi connectivity index (χ3v) is 7.24. The summed E-state index contributed by atoms with van der Waals surface area (Å²) >= 11 is 1.51. The quantitative estimate of drug-likeness (QED) is 0.518. The van der Waals surface area contributed by atoms with E-state index in [1.165, 1.54) is 17.3 Å². The molecule has 2 aliphatic rings. The van der Waals surface area contributed by atoms with Crippen LogP contribution in [-0.2, 0) is 11.2 Å². The van der Waals surface area contributed by atoms with Crippen LogP contribution in [0.1, 0.15) is 30.5 Å². The molecule has 1 N–H and O–H groups in total. The molecule has 6 heteroatoms. The molecule has 1 unspecified atom stereocenters. The molecule has 0 bridgehead atoms. The lowest BCUT2D eigenvalue weighted by Gasteiger charge is -2.33. The molecule has 0 aliphatic carbocycles. The highest BCUT2D eigenvalue weighted by atomic mass is 32.2. The molecule has 0 saturated carbocycles. The number of pyridine rings is 1. The van der Waals surface area contributed by atoms with E-state index in [4.69, 9.17) is 0 Å². The first-order valence-corrected chi connectivity index (χ1v) is 12.2. The molecule has 1 atom stereocenters. The van der Waals surface area contributed by atoms with Gasteiger partial charge in [-0.05, 0) is 56.0 Å². The molecular formula is C26H28N4OS. The largest absolute Gasteiger partial charge is 0.352 e. The molecule has 5 rings (SSSR count). The summed E-state index contributed by atoms with van der Waals surface area (Å²) in [5, 5.41) is 4.18. The smallest absolute Gasteiger partial charge is 0.258 e. The molecule has 32 heavy (non-hydrogen) atoms. The van der Waals surface area contributed by atoms with Gasteiger partial charge in [0.2, 0.25) is 0 Å². The van der Waals surface area contributed by atoms with Gasteiger partial charge in [0.1, 0.15) is 5.65 Å². The van der Waals surface area contributed by atoms with Crippen LogP contribution in [0.25, 0.3) is 11.7 Å². The molecule has 5 nitrogen and oxygen atoms in total. The number of nitrogens with one attached hydrogen (secondary N) is 1. The third-order valence-electron chi connectivity index (χ3n) is 6.19. The van der Waals surface area contributed by atoms with Crippen molar-refractivity contribution in [3.8, 4) is 0 Å². The lowest BCUT2D eigenvalue weighted by atomic mass is 10.0. The molecule has 1 aromatic carbocycles. The number of rotatable bonds is 8. The highest BCUT2D eigenvalue weighted by Crippen LogP contribution is 2.34. The summed E-state index contributed by atoms with van der Waals surface area (Å²) in [5.74, 6) is 0.00133. The zero-order valence-electron chi connectivity index (χ0n) is 18.1. The number of nitrogens with zero attached hydrogens (tertiary/aromatic N) is 3. The first-order valence-electron chi connectivity index (χ1n) is 11.3. The summed E-state index contributed by atoms with van der Waals surface area (Å²) in [6, 6.07) is 17.2. The van der Waals surface area contributed by atoms with Crippen molar-refractivity contribution >= 4 is 29.4 Å². The highest BCUT2D eigenvalue weighted by Gasteiger charge is 2.22. The Morgan fingerprint density at radius 2 is 2.03 bits per heavy atom. The van der Waals surface area contributed by atoms with E-state index in [2.05, 4.69) is 62.1 Å². The Bertz CT molecular complexity index is 1150. The van der Waals surface area contributed by atoms with E-state index < -0.39 is 0 Å². The maximum absolute atomic E-state index is 12.8. The van der Waals surface area contributed by atoms with Crippen LogP contribution in [0.2, 0.25) is 0 Å². The Morgan fingerprint density at radius 1 is 1.12 bits per heavy atom. The number of hydrogen-bond donors (Lipinski definition) is 1. The number of aryl methyl sites for hydroxylation is 1. The molecule has 0 saturated heterocycles. The number of carbonyl (C=O) groups is 1. The fourth-order valence-electron chi connectivity index (χ4n) is 4.50. The minimum Gasteiger partial charge on any atom is -0.352 e. The maximum Gasteiger partial charge on any atom is 0.258 e. The highest BCUT2D eigenvalue weighted by molar-refractivity contribution is 8.04. The minimum atomic E-state index is 0.00133. The predicted octanol–water partition coefficient (Wildman–Crippen LogP) is 4.55. The fraction of sp³-hybridized carbons (Fsp3) is 0.308. The topological polar surface area (TPSA) is 49.6 Å². The van der Waals surface area contributed by atoms with Crippen molar-refractivity contribution in [1.82, 2.24) is 19.6 Å². The maximum atomic E-state index is 12.8. The molecule has 0 spiro atoms. The summed E-state index contributed by atoms with van der Waals surface area (Å²) in [4.78, 5) is 20.6. The van der Waals surface area contributed by atoms with Crippen molar-refractivity contribution in [2.75, 3.05) is 19.6 Å². The van der Waals surface area contributed by atoms with Crippen LogP contribution < -0.4 is 5.32 Å². The Labute approximate surface area is 193 Å². The lowest BCUT2D eigenvalue weighted by molar-refractivity contribution is -0.116. The second-order valence-corrected chi connectivity index (χ2v) is 9.40. The summed E-state index contributed by atoms with van der Waals surface area (Å²) in [7, 11) is 0. The van der Waals surface area contributed by atoms with Crippen LogP contribution in [0, 0.1) is 0 Å². The average molecular weight is 445 g/mol. The van der Waals surface area contributed by atoms with Gasteiger partial charge in [0.25, 0.3) is 5.91 Å². The van der Waals surface area contributed by atoms with Gasteiger partial charge in [-0.2, -0.15) is 0 Å². The van der Waals surface area contributed by atoms with Crippen molar-refractivity contribution in [1.29, 1.82) is 0 Å². The van der Waals surface area contributed by atoms with Gasteiger partial charge in [0.15, 0.2) is 0 Å². The molecule has 1 amide bonds. The molecule has 0 fully saturated rings. The summed E-state index contributed by atoms with van der Waals surface area (Å²) in [6.45, 7) is 2.78. The van der Waals surface area contributed by atoms with Crippen LogP contribution in [0.5, 0.6) is 0 Å². The Balaban J connectivity index is 1.12. The van der Waals surface area contributed by atoms with Crippen LogP contribution >= 0.6 is 11.8 Å². The molecule has 0 radical (unpaired) electrons. The van der Waals surface area contributed by atoms with Crippen molar-refractivity contribution in [2.45, 2.75) is 36.8 Å². The SMILES string of the molecule is O=C(NCCC1CC=CCN1CCCc1ccccc1)C1=Cc2cnc3cccc(n23)S1. The number of aromatic nitrogens is 2. The average Bonchev–Trinajstić information content (AvgIpc) is 3.25. The van der Waals surface area contributed by atoms with Crippen molar-refractivity contribution in [3.05, 3.63) is 83.0 Å². The first kappa shape index (κ1) is 21.0. The Morgan fingerprint density at radius 3 is 2.94 bits per heavy atom. The number of benzene rings is 1.